The molecule has 3 nitrogen and oxygen atoms in total. The van der Waals surface area contributed by atoms with Crippen LogP contribution < -0.4 is 5.73 Å². The van der Waals surface area contributed by atoms with Gasteiger partial charge in [-0.1, -0.05) is 53.5 Å². The minimum atomic E-state index is 0.352. The van der Waals surface area contributed by atoms with E-state index in [4.69, 9.17) is 10.3 Å². The average Bonchev–Trinajstić information content (AvgIpc) is 2.71. The normalized spacial score (nSPS) is 12.6. The highest BCUT2D eigenvalue weighted by atomic mass is 79.9. The Bertz CT molecular complexity index is 536. The van der Waals surface area contributed by atoms with E-state index in [1.165, 1.54) is 0 Å². The van der Waals surface area contributed by atoms with Crippen molar-refractivity contribution in [1.82, 2.24) is 5.16 Å². The Balaban J connectivity index is 2.47. The van der Waals surface area contributed by atoms with Crippen LogP contribution >= 0.6 is 15.9 Å². The monoisotopic (exact) mass is 308 g/mol. The Kier molecular flexibility index (Phi) is 4.07. The van der Waals surface area contributed by atoms with Crippen molar-refractivity contribution < 1.29 is 4.52 Å². The van der Waals surface area contributed by atoms with Crippen LogP contribution in [-0.4, -0.2) is 5.16 Å². The zero-order valence-electron chi connectivity index (χ0n) is 10.6. The van der Waals surface area contributed by atoms with Crippen LogP contribution in [0.1, 0.15) is 38.3 Å². The third kappa shape index (κ3) is 2.58. The highest BCUT2D eigenvalue weighted by molar-refractivity contribution is 9.10. The van der Waals surface area contributed by atoms with Crippen molar-refractivity contribution in [2.45, 2.75) is 32.6 Å². The maximum atomic E-state index is 5.91. The number of halogens is 1. The highest BCUT2D eigenvalue weighted by Crippen LogP contribution is 2.36. The zero-order valence-corrected chi connectivity index (χ0v) is 12.2. The van der Waals surface area contributed by atoms with Crippen molar-refractivity contribution >= 4 is 21.8 Å². The summed E-state index contributed by atoms with van der Waals surface area (Å²) in [7, 11) is 0. The topological polar surface area (TPSA) is 52.0 Å². The standard InChI is InChI=1S/C14H17BrN2O/c1-3-5-9(2)13-12(14(16)18-17-13)10-6-4-7-11(15)8-10/h4,6-9H,3,5,16H2,1-2H3. The summed E-state index contributed by atoms with van der Waals surface area (Å²) >= 11 is 3.47. The quantitative estimate of drug-likeness (QED) is 0.898. The summed E-state index contributed by atoms with van der Waals surface area (Å²) in [5, 5.41) is 4.13. The van der Waals surface area contributed by atoms with Gasteiger partial charge < -0.3 is 10.3 Å². The van der Waals surface area contributed by atoms with E-state index < -0.39 is 0 Å². The van der Waals surface area contributed by atoms with E-state index >= 15 is 0 Å². The first-order valence-electron chi connectivity index (χ1n) is 6.14. The summed E-state index contributed by atoms with van der Waals surface area (Å²) in [4.78, 5) is 0. The number of nitrogens with zero attached hydrogens (tertiary/aromatic N) is 1. The van der Waals surface area contributed by atoms with Gasteiger partial charge in [0.1, 0.15) is 0 Å². The predicted octanol–water partition coefficient (Wildman–Crippen LogP) is 4.59. The lowest BCUT2D eigenvalue weighted by atomic mass is 9.95. The zero-order chi connectivity index (χ0) is 13.1. The third-order valence-corrected chi connectivity index (χ3v) is 3.54. The molecule has 0 amide bonds. The van der Waals surface area contributed by atoms with Gasteiger partial charge in [-0.05, 0) is 24.1 Å². The van der Waals surface area contributed by atoms with Crippen molar-refractivity contribution in [2.24, 2.45) is 0 Å². The minimum absolute atomic E-state index is 0.352. The minimum Gasteiger partial charge on any atom is -0.367 e. The number of anilines is 1. The number of hydrogen-bond acceptors (Lipinski definition) is 3. The Hall–Kier alpha value is -1.29. The van der Waals surface area contributed by atoms with Crippen molar-refractivity contribution in [1.29, 1.82) is 0 Å². The molecule has 18 heavy (non-hydrogen) atoms. The Morgan fingerprint density at radius 1 is 1.44 bits per heavy atom. The molecule has 1 unspecified atom stereocenters. The Morgan fingerprint density at radius 2 is 2.22 bits per heavy atom. The molecule has 0 aliphatic carbocycles. The Morgan fingerprint density at radius 3 is 2.89 bits per heavy atom. The summed E-state index contributed by atoms with van der Waals surface area (Å²) in [6.07, 6.45) is 2.19. The van der Waals surface area contributed by atoms with E-state index in [9.17, 15) is 0 Å². The molecule has 2 rings (SSSR count). The molecule has 2 aromatic rings. The van der Waals surface area contributed by atoms with Crippen molar-refractivity contribution in [3.05, 3.63) is 34.4 Å². The van der Waals surface area contributed by atoms with Gasteiger partial charge in [-0.25, -0.2) is 0 Å². The van der Waals surface area contributed by atoms with E-state index in [0.29, 0.717) is 11.8 Å². The summed E-state index contributed by atoms with van der Waals surface area (Å²) in [6, 6.07) is 8.03. The van der Waals surface area contributed by atoms with Gasteiger partial charge in [-0.2, -0.15) is 0 Å². The van der Waals surface area contributed by atoms with E-state index in [1.54, 1.807) is 0 Å². The molecule has 0 saturated heterocycles. The molecule has 96 valence electrons. The lowest BCUT2D eigenvalue weighted by molar-refractivity contribution is 0.419. The molecule has 0 aliphatic rings. The number of nitrogen functional groups attached to an aromatic ring is 1. The van der Waals surface area contributed by atoms with Crippen LogP contribution in [0.3, 0.4) is 0 Å². The van der Waals surface area contributed by atoms with Gasteiger partial charge in [-0.15, -0.1) is 0 Å². The number of rotatable bonds is 4. The summed E-state index contributed by atoms with van der Waals surface area (Å²) in [5.41, 5.74) is 8.83. The van der Waals surface area contributed by atoms with Crippen LogP contribution in [0.4, 0.5) is 5.88 Å². The third-order valence-electron chi connectivity index (χ3n) is 3.05. The second kappa shape index (κ2) is 5.57. The molecule has 1 aromatic heterocycles. The number of benzene rings is 1. The van der Waals surface area contributed by atoms with Crippen LogP contribution in [0.2, 0.25) is 0 Å². The van der Waals surface area contributed by atoms with E-state index in [2.05, 4.69) is 34.9 Å². The molecule has 0 aliphatic heterocycles. The first-order valence-corrected chi connectivity index (χ1v) is 6.93. The average molecular weight is 309 g/mol. The van der Waals surface area contributed by atoms with Gasteiger partial charge in [-0.3, -0.25) is 0 Å². The molecular formula is C14H17BrN2O. The SMILES string of the molecule is CCCC(C)c1noc(N)c1-c1cccc(Br)c1. The number of nitrogens with two attached hydrogens (primary N) is 1. The maximum absolute atomic E-state index is 5.91. The molecule has 0 saturated carbocycles. The first kappa shape index (κ1) is 13.1. The van der Waals surface area contributed by atoms with E-state index in [1.807, 2.05) is 24.3 Å². The van der Waals surface area contributed by atoms with Crippen LogP contribution in [-0.2, 0) is 0 Å². The fourth-order valence-corrected chi connectivity index (χ4v) is 2.56. The van der Waals surface area contributed by atoms with Gasteiger partial charge in [0.25, 0.3) is 0 Å². The lowest BCUT2D eigenvalue weighted by Crippen LogP contribution is -1.97. The Labute approximate surface area is 115 Å². The molecule has 0 fully saturated rings. The molecule has 1 heterocycles. The van der Waals surface area contributed by atoms with Crippen molar-refractivity contribution in [2.75, 3.05) is 5.73 Å². The van der Waals surface area contributed by atoms with Gasteiger partial charge in [0, 0.05) is 10.4 Å². The van der Waals surface area contributed by atoms with Gasteiger partial charge in [0.2, 0.25) is 5.88 Å². The van der Waals surface area contributed by atoms with Gasteiger partial charge in [0.05, 0.1) is 11.3 Å². The van der Waals surface area contributed by atoms with Crippen molar-refractivity contribution in [3.8, 4) is 11.1 Å². The molecule has 1 atom stereocenters. The number of hydrogen-bond donors (Lipinski definition) is 1. The van der Waals surface area contributed by atoms with E-state index in [-0.39, 0.29) is 0 Å². The lowest BCUT2D eigenvalue weighted by Gasteiger charge is -2.09. The van der Waals surface area contributed by atoms with Crippen LogP contribution in [0.15, 0.2) is 33.3 Å². The fourth-order valence-electron chi connectivity index (χ4n) is 2.16. The summed E-state index contributed by atoms with van der Waals surface area (Å²) in [5.74, 6) is 0.746. The molecule has 0 bridgehead atoms. The largest absolute Gasteiger partial charge is 0.367 e. The maximum Gasteiger partial charge on any atom is 0.230 e. The molecule has 4 heteroatoms. The van der Waals surface area contributed by atoms with E-state index in [0.717, 1.165) is 34.1 Å². The molecule has 1 aromatic carbocycles. The highest BCUT2D eigenvalue weighted by Gasteiger charge is 2.20. The predicted molar refractivity (Wildman–Crippen MR) is 77.4 cm³/mol. The second-order valence-electron chi connectivity index (χ2n) is 4.51. The fraction of sp³-hybridized carbons (Fsp3) is 0.357. The first-order chi connectivity index (χ1) is 8.63. The molecule has 0 spiro atoms. The van der Waals surface area contributed by atoms with Crippen molar-refractivity contribution in [3.63, 3.8) is 0 Å². The van der Waals surface area contributed by atoms with Gasteiger partial charge in [0.15, 0.2) is 0 Å². The molecule has 0 radical (unpaired) electrons. The second-order valence-corrected chi connectivity index (χ2v) is 5.42. The summed E-state index contributed by atoms with van der Waals surface area (Å²) < 4.78 is 6.19. The molecule has 2 N–H and O–H groups in total. The summed E-state index contributed by atoms with van der Waals surface area (Å²) in [6.45, 7) is 4.32. The molecular weight excluding hydrogens is 292 g/mol. The van der Waals surface area contributed by atoms with Gasteiger partial charge >= 0.3 is 0 Å². The smallest absolute Gasteiger partial charge is 0.230 e. The van der Waals surface area contributed by atoms with Crippen LogP contribution in [0, 0.1) is 0 Å². The number of aromatic nitrogens is 1. The van der Waals surface area contributed by atoms with Crippen LogP contribution in [0.25, 0.3) is 11.1 Å². The van der Waals surface area contributed by atoms with Crippen LogP contribution in [0.5, 0.6) is 0 Å².